The van der Waals surface area contributed by atoms with Crippen LogP contribution in [0.4, 0.5) is 5.95 Å². The van der Waals surface area contributed by atoms with E-state index in [1.807, 2.05) is 10.8 Å². The summed E-state index contributed by atoms with van der Waals surface area (Å²) in [6, 6.07) is 3.54. The van der Waals surface area contributed by atoms with E-state index >= 15 is 0 Å². The molecule has 24 heavy (non-hydrogen) atoms. The maximum absolute atomic E-state index is 5.92. The van der Waals surface area contributed by atoms with Crippen LogP contribution in [0.3, 0.4) is 0 Å². The fourth-order valence-electron chi connectivity index (χ4n) is 2.06. The van der Waals surface area contributed by atoms with Crippen molar-refractivity contribution in [2.75, 3.05) is 11.9 Å². The number of nitrogens with one attached hydrogen (secondary N) is 1. The summed E-state index contributed by atoms with van der Waals surface area (Å²) in [4.78, 5) is 12.6. The molecule has 5 N–H and O–H groups in total. The second-order valence-corrected chi connectivity index (χ2v) is 5.11. The van der Waals surface area contributed by atoms with Crippen LogP contribution >= 0.6 is 0 Å². The predicted molar refractivity (Wildman–Crippen MR) is 89.0 cm³/mol. The van der Waals surface area contributed by atoms with Gasteiger partial charge in [-0.3, -0.25) is 10.3 Å². The normalized spacial score (nSPS) is 13.2. The molecule has 3 aromatic rings. The summed E-state index contributed by atoms with van der Waals surface area (Å²) in [6.45, 7) is 2.98. The van der Waals surface area contributed by atoms with E-state index in [0.717, 1.165) is 0 Å². The van der Waals surface area contributed by atoms with E-state index in [1.54, 1.807) is 37.8 Å². The second-order valence-electron chi connectivity index (χ2n) is 5.11. The fraction of sp³-hybridized carbons (Fsp3) is 0.286. The van der Waals surface area contributed by atoms with Crippen molar-refractivity contribution in [3.05, 3.63) is 37.1 Å². The van der Waals surface area contributed by atoms with Crippen LogP contribution in [0.25, 0.3) is 11.6 Å². The number of nitrogens with zero attached hydrogens (tertiary/aromatic N) is 6. The third-order valence-electron chi connectivity index (χ3n) is 3.20. The molecule has 0 amide bonds. The Kier molecular flexibility index (Phi) is 4.57. The molecule has 3 rings (SSSR count). The number of nitrogens with two attached hydrogens (primary N) is 2. The van der Waals surface area contributed by atoms with E-state index in [9.17, 15) is 0 Å². The zero-order chi connectivity index (χ0) is 16.9. The molecule has 0 fully saturated rings. The topological polar surface area (TPSA) is 138 Å². The number of hydrogen-bond donors (Lipinski definition) is 3. The standard InChI is InChI=1S/C14H19N9O/c1-10(15)23-14(19-12(21-23)11-3-2-8-24-11)20-13(16)18-5-7-22-6-4-17-9-22/h2-4,6,8-10H,5,7,15H2,1H3,(H3,16,18,19,20,21). The molecule has 0 spiro atoms. The van der Waals surface area contributed by atoms with Gasteiger partial charge in [0.05, 0.1) is 25.3 Å². The zero-order valence-electron chi connectivity index (χ0n) is 13.2. The van der Waals surface area contributed by atoms with Crippen LogP contribution in [0.5, 0.6) is 0 Å². The summed E-state index contributed by atoms with van der Waals surface area (Å²) in [5, 5.41) is 7.25. The Labute approximate surface area is 138 Å². The van der Waals surface area contributed by atoms with Crippen LogP contribution in [-0.4, -0.2) is 36.8 Å². The van der Waals surface area contributed by atoms with Crippen molar-refractivity contribution >= 4 is 11.9 Å². The molecule has 0 aliphatic carbocycles. The van der Waals surface area contributed by atoms with Crippen molar-refractivity contribution in [3.8, 4) is 11.6 Å². The van der Waals surface area contributed by atoms with Gasteiger partial charge in [0.2, 0.25) is 11.8 Å². The molecule has 0 saturated carbocycles. The summed E-state index contributed by atoms with van der Waals surface area (Å²) in [6.07, 6.45) is 6.47. The minimum absolute atomic E-state index is 0.232. The lowest BCUT2D eigenvalue weighted by atomic mass is 10.4. The highest BCUT2D eigenvalue weighted by Gasteiger charge is 2.16. The molecular weight excluding hydrogens is 310 g/mol. The van der Waals surface area contributed by atoms with Gasteiger partial charge in [0.15, 0.2) is 11.7 Å². The van der Waals surface area contributed by atoms with Crippen molar-refractivity contribution < 1.29 is 4.42 Å². The second kappa shape index (κ2) is 6.96. The van der Waals surface area contributed by atoms with Crippen LogP contribution in [0, 0.1) is 0 Å². The van der Waals surface area contributed by atoms with Crippen molar-refractivity contribution in [2.45, 2.75) is 19.6 Å². The largest absolute Gasteiger partial charge is 0.461 e. The number of hydrogen-bond acceptors (Lipinski definition) is 6. The van der Waals surface area contributed by atoms with Crippen molar-refractivity contribution in [1.82, 2.24) is 24.3 Å². The molecule has 0 bridgehead atoms. The number of rotatable bonds is 6. The molecular formula is C14H19N9O. The molecule has 0 aromatic carbocycles. The van der Waals surface area contributed by atoms with Crippen molar-refractivity contribution in [2.24, 2.45) is 16.5 Å². The Morgan fingerprint density at radius 3 is 3.04 bits per heavy atom. The monoisotopic (exact) mass is 329 g/mol. The highest BCUT2D eigenvalue weighted by Crippen LogP contribution is 2.19. The van der Waals surface area contributed by atoms with Gasteiger partial charge in [-0.05, 0) is 19.1 Å². The lowest BCUT2D eigenvalue weighted by Crippen LogP contribution is -2.27. The Hall–Kier alpha value is -3.14. The first-order valence-electron chi connectivity index (χ1n) is 7.42. The number of aromatic nitrogens is 5. The Balaban J connectivity index is 1.71. The van der Waals surface area contributed by atoms with Gasteiger partial charge in [0.25, 0.3) is 0 Å². The summed E-state index contributed by atoms with van der Waals surface area (Å²) in [5.41, 5.74) is 11.8. The molecule has 0 aliphatic rings. The number of aliphatic imine (C=N–C) groups is 1. The Bertz CT molecular complexity index is 786. The summed E-state index contributed by atoms with van der Waals surface area (Å²) in [5.74, 6) is 1.61. The van der Waals surface area contributed by atoms with Crippen LogP contribution in [0.1, 0.15) is 13.1 Å². The first kappa shape index (κ1) is 15.7. The molecule has 0 saturated heterocycles. The van der Waals surface area contributed by atoms with Gasteiger partial charge in [0, 0.05) is 18.9 Å². The van der Waals surface area contributed by atoms with Gasteiger partial charge in [-0.1, -0.05) is 0 Å². The van der Waals surface area contributed by atoms with Gasteiger partial charge < -0.3 is 20.5 Å². The minimum Gasteiger partial charge on any atom is -0.461 e. The first-order chi connectivity index (χ1) is 11.6. The lowest BCUT2D eigenvalue weighted by Gasteiger charge is -2.10. The van der Waals surface area contributed by atoms with Crippen molar-refractivity contribution in [3.63, 3.8) is 0 Å². The highest BCUT2D eigenvalue weighted by atomic mass is 16.3. The molecule has 10 nitrogen and oxygen atoms in total. The van der Waals surface area contributed by atoms with E-state index in [4.69, 9.17) is 15.9 Å². The smallest absolute Gasteiger partial charge is 0.230 e. The molecule has 3 aromatic heterocycles. The third-order valence-corrected chi connectivity index (χ3v) is 3.20. The number of guanidine groups is 1. The van der Waals surface area contributed by atoms with E-state index in [1.165, 1.54) is 4.68 Å². The zero-order valence-corrected chi connectivity index (χ0v) is 13.2. The number of furan rings is 1. The van der Waals surface area contributed by atoms with E-state index in [-0.39, 0.29) is 12.1 Å². The molecule has 126 valence electrons. The van der Waals surface area contributed by atoms with Gasteiger partial charge >= 0.3 is 0 Å². The van der Waals surface area contributed by atoms with Gasteiger partial charge in [-0.25, -0.2) is 9.67 Å². The fourth-order valence-corrected chi connectivity index (χ4v) is 2.06. The molecule has 3 heterocycles. The summed E-state index contributed by atoms with van der Waals surface area (Å²) in [7, 11) is 0. The molecule has 0 aliphatic heterocycles. The number of imidazole rings is 1. The molecule has 1 atom stereocenters. The molecule has 10 heteroatoms. The van der Waals surface area contributed by atoms with E-state index in [0.29, 0.717) is 30.6 Å². The highest BCUT2D eigenvalue weighted by molar-refractivity contribution is 5.90. The van der Waals surface area contributed by atoms with Crippen LogP contribution in [0.2, 0.25) is 0 Å². The molecule has 0 radical (unpaired) electrons. The summed E-state index contributed by atoms with van der Waals surface area (Å²) < 4.78 is 8.74. The van der Waals surface area contributed by atoms with Gasteiger partial charge in [0.1, 0.15) is 0 Å². The minimum atomic E-state index is -0.387. The Morgan fingerprint density at radius 2 is 2.38 bits per heavy atom. The third kappa shape index (κ3) is 3.60. The average molecular weight is 329 g/mol. The van der Waals surface area contributed by atoms with Crippen LogP contribution in [-0.2, 0) is 6.54 Å². The maximum Gasteiger partial charge on any atom is 0.230 e. The van der Waals surface area contributed by atoms with Crippen LogP contribution in [0.15, 0.2) is 46.5 Å². The molecule has 1 unspecified atom stereocenters. The quantitative estimate of drug-likeness (QED) is 0.445. The predicted octanol–water partition coefficient (Wildman–Crippen LogP) is 0.639. The first-order valence-corrected chi connectivity index (χ1v) is 7.42. The number of anilines is 1. The average Bonchev–Trinajstić information content (AvgIpc) is 3.28. The van der Waals surface area contributed by atoms with Crippen molar-refractivity contribution in [1.29, 1.82) is 0 Å². The lowest BCUT2D eigenvalue weighted by molar-refractivity contribution is 0.513. The van der Waals surface area contributed by atoms with E-state index < -0.39 is 0 Å². The van der Waals surface area contributed by atoms with Gasteiger partial charge in [-0.2, -0.15) is 4.98 Å². The Morgan fingerprint density at radius 1 is 1.50 bits per heavy atom. The van der Waals surface area contributed by atoms with Gasteiger partial charge in [-0.15, -0.1) is 5.10 Å². The maximum atomic E-state index is 5.92. The van der Waals surface area contributed by atoms with E-state index in [2.05, 4.69) is 25.4 Å². The summed E-state index contributed by atoms with van der Waals surface area (Å²) >= 11 is 0. The van der Waals surface area contributed by atoms with Crippen LogP contribution < -0.4 is 16.8 Å². The SMILES string of the molecule is CC(N)n1nc(-c2ccco2)nc1NC(N)=NCCn1ccnc1.